The van der Waals surface area contributed by atoms with E-state index in [0.717, 1.165) is 35.4 Å². The van der Waals surface area contributed by atoms with Crippen molar-refractivity contribution < 1.29 is 14.1 Å². The van der Waals surface area contributed by atoms with Gasteiger partial charge in [0.1, 0.15) is 0 Å². The number of carbonyl (C=O) groups is 1. The number of nitrogens with zero attached hydrogens (tertiary/aromatic N) is 1. The second-order valence-electron chi connectivity index (χ2n) is 5.40. The van der Waals surface area contributed by atoms with Gasteiger partial charge in [-0.05, 0) is 51.7 Å². The van der Waals surface area contributed by atoms with Crippen molar-refractivity contribution in [3.8, 4) is 0 Å². The minimum absolute atomic E-state index is 0.0982. The maximum absolute atomic E-state index is 12.3. The van der Waals surface area contributed by atoms with Crippen molar-refractivity contribution in [1.82, 2.24) is 5.16 Å². The zero-order valence-electron chi connectivity index (χ0n) is 13.8. The van der Waals surface area contributed by atoms with Gasteiger partial charge in [-0.15, -0.1) is 23.5 Å². The van der Waals surface area contributed by atoms with E-state index < -0.39 is 0 Å². The molecular weight excluding hydrogens is 318 g/mol. The van der Waals surface area contributed by atoms with Gasteiger partial charge in [0, 0.05) is 11.6 Å². The lowest BCUT2D eigenvalue weighted by Gasteiger charge is -2.39. The lowest BCUT2D eigenvalue weighted by molar-refractivity contribution is -0.146. The van der Waals surface area contributed by atoms with Crippen LogP contribution in [0.15, 0.2) is 16.2 Å². The van der Waals surface area contributed by atoms with Crippen molar-refractivity contribution >= 4 is 35.1 Å². The molecule has 2 rings (SSSR count). The standard InChI is InChI=1S/C16H23NO3S2/c1-6-19-15(18)12-7-8-16(21-4,22-5)14(11(12)3)13-9-10(2)17-20-13/h9,12H,6-8H2,1-5H3. The molecule has 1 atom stereocenters. The van der Waals surface area contributed by atoms with Gasteiger partial charge in [-0.2, -0.15) is 0 Å². The summed E-state index contributed by atoms with van der Waals surface area (Å²) in [6.07, 6.45) is 5.93. The van der Waals surface area contributed by atoms with Crippen molar-refractivity contribution in [1.29, 1.82) is 0 Å². The normalized spacial score (nSPS) is 21.0. The molecule has 1 aliphatic carbocycles. The topological polar surface area (TPSA) is 52.3 Å². The van der Waals surface area contributed by atoms with Crippen LogP contribution in [0.4, 0.5) is 0 Å². The van der Waals surface area contributed by atoms with Crippen molar-refractivity contribution in [2.75, 3.05) is 19.1 Å². The molecule has 0 bridgehead atoms. The van der Waals surface area contributed by atoms with Crippen LogP contribution in [0.5, 0.6) is 0 Å². The predicted molar refractivity (Wildman–Crippen MR) is 93.0 cm³/mol. The molecule has 4 nitrogen and oxygen atoms in total. The lowest BCUT2D eigenvalue weighted by Crippen LogP contribution is -2.33. The zero-order valence-corrected chi connectivity index (χ0v) is 15.4. The fourth-order valence-electron chi connectivity index (χ4n) is 3.04. The van der Waals surface area contributed by atoms with Crippen molar-refractivity contribution in [3.63, 3.8) is 0 Å². The average molecular weight is 341 g/mol. The van der Waals surface area contributed by atoms with E-state index in [2.05, 4.69) is 17.7 Å². The molecule has 1 unspecified atom stereocenters. The van der Waals surface area contributed by atoms with Gasteiger partial charge in [0.2, 0.25) is 0 Å². The molecule has 0 amide bonds. The lowest BCUT2D eigenvalue weighted by atomic mass is 9.81. The minimum atomic E-state index is -0.187. The molecule has 1 aliphatic rings. The number of aromatic nitrogens is 1. The minimum Gasteiger partial charge on any atom is -0.466 e. The first-order chi connectivity index (χ1) is 10.5. The Balaban J connectivity index is 2.53. The Morgan fingerprint density at radius 2 is 2.14 bits per heavy atom. The van der Waals surface area contributed by atoms with Crippen molar-refractivity contribution in [2.24, 2.45) is 5.92 Å². The third kappa shape index (κ3) is 3.08. The van der Waals surface area contributed by atoms with Gasteiger partial charge >= 0.3 is 5.97 Å². The van der Waals surface area contributed by atoms with E-state index in [-0.39, 0.29) is 16.0 Å². The SMILES string of the molecule is CCOC(=O)C1CCC(SC)(SC)C(c2cc(C)no2)=C1C. The first kappa shape index (κ1) is 17.5. The molecule has 0 radical (unpaired) electrons. The van der Waals surface area contributed by atoms with Crippen LogP contribution < -0.4 is 0 Å². The van der Waals surface area contributed by atoms with Gasteiger partial charge < -0.3 is 9.26 Å². The van der Waals surface area contributed by atoms with E-state index in [9.17, 15) is 4.79 Å². The van der Waals surface area contributed by atoms with Crippen LogP contribution >= 0.6 is 23.5 Å². The summed E-state index contributed by atoms with van der Waals surface area (Å²) in [5, 5.41) is 4.02. The molecule has 0 spiro atoms. The van der Waals surface area contributed by atoms with Gasteiger partial charge in [0.15, 0.2) is 5.76 Å². The Hall–Kier alpha value is -0.880. The third-order valence-corrected chi connectivity index (χ3v) is 7.30. The molecule has 0 aromatic carbocycles. The highest BCUT2D eigenvalue weighted by Gasteiger charge is 2.44. The quantitative estimate of drug-likeness (QED) is 0.592. The number of rotatable bonds is 5. The summed E-state index contributed by atoms with van der Waals surface area (Å²) in [7, 11) is 0. The summed E-state index contributed by atoms with van der Waals surface area (Å²) in [5.74, 6) is 0.449. The number of thioether (sulfide) groups is 2. The molecular formula is C16H23NO3S2. The highest BCUT2D eigenvalue weighted by Crippen LogP contribution is 2.55. The molecule has 0 saturated heterocycles. The monoisotopic (exact) mass is 341 g/mol. The van der Waals surface area contributed by atoms with Crippen LogP contribution in [0.25, 0.3) is 5.57 Å². The maximum atomic E-state index is 12.3. The number of carbonyl (C=O) groups excluding carboxylic acids is 1. The Labute approximate surface area is 140 Å². The Morgan fingerprint density at radius 3 is 2.64 bits per heavy atom. The van der Waals surface area contributed by atoms with Crippen LogP contribution in [-0.2, 0) is 9.53 Å². The highest BCUT2D eigenvalue weighted by molar-refractivity contribution is 8.18. The van der Waals surface area contributed by atoms with Gasteiger partial charge in [-0.3, -0.25) is 4.79 Å². The van der Waals surface area contributed by atoms with Crippen molar-refractivity contribution in [3.05, 3.63) is 23.1 Å². The summed E-state index contributed by atoms with van der Waals surface area (Å²) in [5.41, 5.74) is 2.99. The molecule has 122 valence electrons. The number of ether oxygens (including phenoxy) is 1. The molecule has 0 saturated carbocycles. The number of hydrogen-bond acceptors (Lipinski definition) is 6. The predicted octanol–water partition coefficient (Wildman–Crippen LogP) is 4.15. The number of aryl methyl sites for hydroxylation is 1. The first-order valence-corrected chi connectivity index (χ1v) is 9.86. The highest BCUT2D eigenvalue weighted by atomic mass is 32.2. The van der Waals surface area contributed by atoms with Gasteiger partial charge in [0.05, 0.1) is 22.3 Å². The molecule has 6 heteroatoms. The molecule has 0 aliphatic heterocycles. The summed E-state index contributed by atoms with van der Waals surface area (Å²) in [6.45, 7) is 6.19. The summed E-state index contributed by atoms with van der Waals surface area (Å²) < 4.78 is 10.7. The summed E-state index contributed by atoms with van der Waals surface area (Å²) >= 11 is 3.60. The fourth-order valence-corrected chi connectivity index (χ4v) is 5.29. The molecule has 1 aromatic heterocycles. The van der Waals surface area contributed by atoms with E-state index in [0.29, 0.717) is 6.61 Å². The zero-order chi connectivity index (χ0) is 16.3. The molecule has 22 heavy (non-hydrogen) atoms. The maximum Gasteiger partial charge on any atom is 0.313 e. The number of hydrogen-bond donors (Lipinski definition) is 0. The molecule has 0 fully saturated rings. The van der Waals surface area contributed by atoms with Gasteiger partial charge in [-0.1, -0.05) is 5.16 Å². The van der Waals surface area contributed by atoms with E-state index in [4.69, 9.17) is 9.26 Å². The smallest absolute Gasteiger partial charge is 0.313 e. The van der Waals surface area contributed by atoms with Crippen molar-refractivity contribution in [2.45, 2.75) is 37.7 Å². The second kappa shape index (κ2) is 7.13. The molecule has 1 aromatic rings. The largest absolute Gasteiger partial charge is 0.466 e. The van der Waals surface area contributed by atoms with Crippen LogP contribution in [-0.4, -0.2) is 34.3 Å². The Kier molecular flexibility index (Phi) is 5.66. The summed E-state index contributed by atoms with van der Waals surface area (Å²) in [4.78, 5) is 12.3. The van der Waals surface area contributed by atoms with Crippen LogP contribution in [0, 0.1) is 12.8 Å². The van der Waals surface area contributed by atoms with E-state index in [1.165, 1.54) is 0 Å². The molecule has 0 N–H and O–H groups in total. The van der Waals surface area contributed by atoms with Crippen LogP contribution in [0.2, 0.25) is 0 Å². The number of esters is 1. The first-order valence-electron chi connectivity index (χ1n) is 7.41. The van der Waals surface area contributed by atoms with Crippen LogP contribution in [0.1, 0.15) is 38.1 Å². The van der Waals surface area contributed by atoms with E-state index in [1.54, 1.807) is 23.5 Å². The van der Waals surface area contributed by atoms with Gasteiger partial charge in [-0.25, -0.2) is 0 Å². The fraction of sp³-hybridized carbons (Fsp3) is 0.625. The summed E-state index contributed by atoms with van der Waals surface area (Å²) in [6, 6.07) is 1.95. The van der Waals surface area contributed by atoms with E-state index in [1.807, 2.05) is 26.8 Å². The van der Waals surface area contributed by atoms with E-state index >= 15 is 0 Å². The molecule has 1 heterocycles. The van der Waals surface area contributed by atoms with Gasteiger partial charge in [0.25, 0.3) is 0 Å². The average Bonchev–Trinajstić information content (AvgIpc) is 2.92. The Bertz CT molecular complexity index is 576. The van der Waals surface area contributed by atoms with Crippen LogP contribution in [0.3, 0.4) is 0 Å². The Morgan fingerprint density at radius 1 is 1.45 bits per heavy atom. The second-order valence-corrected chi connectivity index (χ2v) is 7.86. The third-order valence-electron chi connectivity index (χ3n) is 4.17.